The van der Waals surface area contributed by atoms with Gasteiger partial charge in [-0.15, -0.1) is 0 Å². The molecule has 88 valence electrons. The topological polar surface area (TPSA) is 32.3 Å². The van der Waals surface area contributed by atoms with Crippen molar-refractivity contribution in [2.24, 2.45) is 0 Å². The van der Waals surface area contributed by atoms with Crippen LogP contribution in [0, 0.1) is 13.8 Å². The SMILES string of the molecule is Cc1ccc(C)c(C2CCC(CO)NC2)c1. The molecule has 1 aliphatic rings. The average Bonchev–Trinajstić information content (AvgIpc) is 2.32. The van der Waals surface area contributed by atoms with Crippen LogP contribution in [0.2, 0.25) is 0 Å². The molecule has 1 aromatic rings. The minimum absolute atomic E-state index is 0.263. The fourth-order valence-electron chi connectivity index (χ4n) is 2.54. The van der Waals surface area contributed by atoms with Gasteiger partial charge in [0.15, 0.2) is 0 Å². The summed E-state index contributed by atoms with van der Waals surface area (Å²) in [5.74, 6) is 0.614. The third-order valence-corrected chi connectivity index (χ3v) is 3.61. The third-order valence-electron chi connectivity index (χ3n) is 3.61. The van der Waals surface area contributed by atoms with E-state index in [0.717, 1.165) is 13.0 Å². The molecule has 0 amide bonds. The lowest BCUT2D eigenvalue weighted by Crippen LogP contribution is -2.40. The van der Waals surface area contributed by atoms with Crippen LogP contribution >= 0.6 is 0 Å². The highest BCUT2D eigenvalue weighted by Gasteiger charge is 2.22. The summed E-state index contributed by atoms with van der Waals surface area (Å²) in [6.45, 7) is 5.59. The molecule has 2 rings (SSSR count). The molecule has 1 saturated heterocycles. The molecule has 1 aromatic carbocycles. The molecule has 0 radical (unpaired) electrons. The highest BCUT2D eigenvalue weighted by molar-refractivity contribution is 5.33. The van der Waals surface area contributed by atoms with E-state index in [1.807, 2.05) is 0 Å². The molecule has 0 saturated carbocycles. The lowest BCUT2D eigenvalue weighted by Gasteiger charge is -2.30. The Bertz CT molecular complexity index is 354. The Morgan fingerprint density at radius 3 is 2.75 bits per heavy atom. The molecule has 2 heteroatoms. The van der Waals surface area contributed by atoms with E-state index in [0.29, 0.717) is 12.0 Å². The third kappa shape index (κ3) is 2.45. The molecule has 1 aliphatic heterocycles. The summed E-state index contributed by atoms with van der Waals surface area (Å²) < 4.78 is 0. The van der Waals surface area contributed by atoms with Crippen LogP contribution in [0.3, 0.4) is 0 Å². The lowest BCUT2D eigenvalue weighted by molar-refractivity contribution is 0.212. The van der Waals surface area contributed by atoms with E-state index in [2.05, 4.69) is 37.4 Å². The van der Waals surface area contributed by atoms with Crippen molar-refractivity contribution in [3.63, 3.8) is 0 Å². The van der Waals surface area contributed by atoms with E-state index in [4.69, 9.17) is 5.11 Å². The summed E-state index contributed by atoms with van der Waals surface area (Å²) in [5, 5.41) is 12.5. The monoisotopic (exact) mass is 219 g/mol. The van der Waals surface area contributed by atoms with Crippen LogP contribution in [-0.4, -0.2) is 24.3 Å². The molecule has 0 aliphatic carbocycles. The summed E-state index contributed by atoms with van der Waals surface area (Å²) in [4.78, 5) is 0. The van der Waals surface area contributed by atoms with Crippen molar-refractivity contribution in [2.75, 3.05) is 13.2 Å². The van der Waals surface area contributed by atoms with E-state index in [1.165, 1.54) is 23.1 Å². The second-order valence-corrected chi connectivity index (χ2v) is 4.92. The number of rotatable bonds is 2. The smallest absolute Gasteiger partial charge is 0.0584 e. The fraction of sp³-hybridized carbons (Fsp3) is 0.571. The van der Waals surface area contributed by atoms with Crippen molar-refractivity contribution in [2.45, 2.75) is 38.6 Å². The summed E-state index contributed by atoms with van der Waals surface area (Å²) >= 11 is 0. The van der Waals surface area contributed by atoms with Crippen molar-refractivity contribution in [3.05, 3.63) is 34.9 Å². The number of aliphatic hydroxyl groups excluding tert-OH is 1. The fourth-order valence-corrected chi connectivity index (χ4v) is 2.54. The van der Waals surface area contributed by atoms with E-state index in [-0.39, 0.29) is 6.61 Å². The standard InChI is InChI=1S/C14H21NO/c1-10-3-4-11(2)14(7-10)12-5-6-13(9-16)15-8-12/h3-4,7,12-13,15-16H,5-6,8-9H2,1-2H3. The molecule has 2 nitrogen and oxygen atoms in total. The maximum absolute atomic E-state index is 9.08. The first-order valence-electron chi connectivity index (χ1n) is 6.12. The number of piperidine rings is 1. The minimum Gasteiger partial charge on any atom is -0.395 e. The summed E-state index contributed by atoms with van der Waals surface area (Å²) in [6.07, 6.45) is 2.26. The van der Waals surface area contributed by atoms with Crippen LogP contribution in [0.4, 0.5) is 0 Å². The van der Waals surface area contributed by atoms with Gasteiger partial charge in [-0.25, -0.2) is 0 Å². The van der Waals surface area contributed by atoms with Gasteiger partial charge in [0.25, 0.3) is 0 Å². The number of benzene rings is 1. The highest BCUT2D eigenvalue weighted by atomic mass is 16.3. The largest absolute Gasteiger partial charge is 0.395 e. The van der Waals surface area contributed by atoms with Gasteiger partial charge in [0.05, 0.1) is 6.61 Å². The highest BCUT2D eigenvalue weighted by Crippen LogP contribution is 2.28. The number of hydrogen-bond acceptors (Lipinski definition) is 2. The Hall–Kier alpha value is -0.860. The first-order chi connectivity index (χ1) is 7.70. The summed E-state index contributed by atoms with van der Waals surface area (Å²) in [7, 11) is 0. The number of aliphatic hydroxyl groups is 1. The van der Waals surface area contributed by atoms with Gasteiger partial charge in [-0.1, -0.05) is 23.8 Å². The molecular weight excluding hydrogens is 198 g/mol. The van der Waals surface area contributed by atoms with Crippen molar-refractivity contribution in [3.8, 4) is 0 Å². The lowest BCUT2D eigenvalue weighted by atomic mass is 9.86. The minimum atomic E-state index is 0.263. The van der Waals surface area contributed by atoms with E-state index in [9.17, 15) is 0 Å². The van der Waals surface area contributed by atoms with Crippen molar-refractivity contribution in [1.29, 1.82) is 0 Å². The second-order valence-electron chi connectivity index (χ2n) is 4.92. The molecule has 1 heterocycles. The second kappa shape index (κ2) is 4.98. The summed E-state index contributed by atoms with van der Waals surface area (Å²) in [5.41, 5.74) is 4.20. The van der Waals surface area contributed by atoms with Gasteiger partial charge in [0, 0.05) is 12.6 Å². The first kappa shape index (κ1) is 11.6. The quantitative estimate of drug-likeness (QED) is 0.798. The van der Waals surface area contributed by atoms with E-state index >= 15 is 0 Å². The molecular formula is C14H21NO. The van der Waals surface area contributed by atoms with Crippen LogP contribution < -0.4 is 5.32 Å². The predicted molar refractivity (Wildman–Crippen MR) is 66.8 cm³/mol. The van der Waals surface area contributed by atoms with Crippen LogP contribution in [0.5, 0.6) is 0 Å². The molecule has 2 N–H and O–H groups in total. The van der Waals surface area contributed by atoms with Gasteiger partial charge >= 0.3 is 0 Å². The summed E-state index contributed by atoms with van der Waals surface area (Å²) in [6, 6.07) is 7.00. The average molecular weight is 219 g/mol. The van der Waals surface area contributed by atoms with Crippen LogP contribution in [-0.2, 0) is 0 Å². The maximum Gasteiger partial charge on any atom is 0.0584 e. The molecule has 2 atom stereocenters. The van der Waals surface area contributed by atoms with Crippen LogP contribution in [0.1, 0.15) is 35.4 Å². The van der Waals surface area contributed by atoms with Gasteiger partial charge in [0.2, 0.25) is 0 Å². The van der Waals surface area contributed by atoms with Gasteiger partial charge in [-0.2, -0.15) is 0 Å². The molecule has 0 aromatic heterocycles. The molecule has 2 unspecified atom stereocenters. The Morgan fingerprint density at radius 2 is 2.12 bits per heavy atom. The van der Waals surface area contributed by atoms with Crippen LogP contribution in [0.15, 0.2) is 18.2 Å². The molecule has 1 fully saturated rings. The molecule has 16 heavy (non-hydrogen) atoms. The predicted octanol–water partition coefficient (Wildman–Crippen LogP) is 2.13. The number of aryl methyl sites for hydroxylation is 2. The zero-order valence-corrected chi connectivity index (χ0v) is 10.2. The zero-order valence-electron chi connectivity index (χ0n) is 10.2. The van der Waals surface area contributed by atoms with Crippen LogP contribution in [0.25, 0.3) is 0 Å². The van der Waals surface area contributed by atoms with Crippen molar-refractivity contribution < 1.29 is 5.11 Å². The normalized spacial score (nSPS) is 25.7. The van der Waals surface area contributed by atoms with E-state index < -0.39 is 0 Å². The Kier molecular flexibility index (Phi) is 3.62. The zero-order chi connectivity index (χ0) is 11.5. The molecule has 0 spiro atoms. The van der Waals surface area contributed by atoms with Gasteiger partial charge in [-0.3, -0.25) is 0 Å². The Morgan fingerprint density at radius 1 is 1.31 bits per heavy atom. The number of hydrogen-bond donors (Lipinski definition) is 2. The first-order valence-corrected chi connectivity index (χ1v) is 6.12. The Labute approximate surface area is 97.7 Å². The Balaban J connectivity index is 2.10. The van der Waals surface area contributed by atoms with Gasteiger partial charge < -0.3 is 10.4 Å². The van der Waals surface area contributed by atoms with Crippen molar-refractivity contribution in [1.82, 2.24) is 5.32 Å². The molecule has 0 bridgehead atoms. The number of nitrogens with one attached hydrogen (secondary N) is 1. The maximum atomic E-state index is 9.08. The van der Waals surface area contributed by atoms with Gasteiger partial charge in [0.1, 0.15) is 0 Å². The van der Waals surface area contributed by atoms with Crippen molar-refractivity contribution >= 4 is 0 Å². The van der Waals surface area contributed by atoms with E-state index in [1.54, 1.807) is 0 Å². The van der Waals surface area contributed by atoms with Gasteiger partial charge in [-0.05, 0) is 43.7 Å².